The van der Waals surface area contributed by atoms with E-state index in [9.17, 15) is 14.7 Å². The first kappa shape index (κ1) is 30.4. The highest BCUT2D eigenvalue weighted by Crippen LogP contribution is 2.43. The van der Waals surface area contributed by atoms with Crippen LogP contribution < -0.4 is 14.2 Å². The van der Waals surface area contributed by atoms with E-state index in [4.69, 9.17) is 14.2 Å². The topological polar surface area (TPSA) is 88.5 Å². The minimum absolute atomic E-state index is 0.0488. The summed E-state index contributed by atoms with van der Waals surface area (Å²) in [6.45, 7) is 13.8. The second-order valence-electron chi connectivity index (χ2n) is 10.7. The van der Waals surface area contributed by atoms with Crippen molar-refractivity contribution in [2.45, 2.75) is 72.4 Å². The van der Waals surface area contributed by atoms with Crippen LogP contribution in [0.3, 0.4) is 0 Å². The molecule has 0 saturated carbocycles. The van der Waals surface area contributed by atoms with Gasteiger partial charge in [-0.05, 0) is 74.8 Å². The highest BCUT2D eigenvalue weighted by atomic mass is 16.5. The molecule has 1 saturated heterocycles. The number of likely N-dealkylation sites (N-methyl/N-ethyl adjacent to an activating group) is 1. The van der Waals surface area contributed by atoms with Gasteiger partial charge in [0.15, 0.2) is 11.5 Å². The van der Waals surface area contributed by atoms with Gasteiger partial charge in [0, 0.05) is 25.1 Å². The van der Waals surface area contributed by atoms with Crippen LogP contribution in [0.4, 0.5) is 0 Å². The van der Waals surface area contributed by atoms with Crippen LogP contribution in [0, 0.1) is 0 Å². The van der Waals surface area contributed by atoms with E-state index in [1.54, 1.807) is 11.0 Å². The fourth-order valence-electron chi connectivity index (χ4n) is 5.59. The molecule has 2 aliphatic rings. The van der Waals surface area contributed by atoms with Gasteiger partial charge in [0.1, 0.15) is 17.6 Å². The van der Waals surface area contributed by atoms with Crippen molar-refractivity contribution in [3.8, 4) is 17.2 Å². The molecule has 0 aromatic heterocycles. The third kappa shape index (κ3) is 6.70. The standard InChI is InChI=1S/C33H44N2O6/c1-6-10-11-18-40-27-15-12-23(21-28(27)39-9-4)30-29(32(37)33(38)35(30)17-16-34(7-2)8-3)31(36)24-13-14-26-25(20-24)19-22(5)41-26/h12-15,20-22,30,36H,6-11,16-19H2,1-5H3/b31-29+/t22-,30-/m1/s1. The molecule has 4 rings (SSSR count). The number of likely N-dealkylation sites (tertiary alicyclic amines) is 1. The quantitative estimate of drug-likeness (QED) is 0.135. The van der Waals surface area contributed by atoms with Crippen molar-refractivity contribution in [2.24, 2.45) is 0 Å². The van der Waals surface area contributed by atoms with Gasteiger partial charge in [-0.1, -0.05) is 39.7 Å². The summed E-state index contributed by atoms with van der Waals surface area (Å²) in [5, 5.41) is 11.6. The molecule has 8 heteroatoms. The van der Waals surface area contributed by atoms with E-state index in [0.29, 0.717) is 48.9 Å². The predicted molar refractivity (Wildman–Crippen MR) is 160 cm³/mol. The smallest absolute Gasteiger partial charge is 0.295 e. The van der Waals surface area contributed by atoms with Gasteiger partial charge in [-0.3, -0.25) is 9.59 Å². The van der Waals surface area contributed by atoms with Crippen molar-refractivity contribution in [1.82, 2.24) is 9.80 Å². The maximum atomic E-state index is 13.6. The number of aliphatic hydroxyl groups is 1. The number of carbonyl (C=O) groups excluding carboxylic acids is 2. The number of rotatable bonds is 14. The van der Waals surface area contributed by atoms with Gasteiger partial charge < -0.3 is 29.1 Å². The van der Waals surface area contributed by atoms with Crippen molar-refractivity contribution in [3.05, 3.63) is 58.7 Å². The summed E-state index contributed by atoms with van der Waals surface area (Å²) < 4.78 is 17.8. The molecule has 0 spiro atoms. The maximum absolute atomic E-state index is 13.6. The van der Waals surface area contributed by atoms with Gasteiger partial charge in [-0.15, -0.1) is 0 Å². The summed E-state index contributed by atoms with van der Waals surface area (Å²) in [5.74, 6) is 0.480. The van der Waals surface area contributed by atoms with Crippen LogP contribution in [0.5, 0.6) is 17.2 Å². The molecule has 0 aliphatic carbocycles. The van der Waals surface area contributed by atoms with E-state index < -0.39 is 17.7 Å². The summed E-state index contributed by atoms with van der Waals surface area (Å²) in [7, 11) is 0. The fraction of sp³-hybridized carbons (Fsp3) is 0.515. The first-order valence-corrected chi connectivity index (χ1v) is 15.0. The first-order valence-electron chi connectivity index (χ1n) is 15.0. The molecule has 2 atom stereocenters. The zero-order valence-electron chi connectivity index (χ0n) is 25.1. The minimum Gasteiger partial charge on any atom is -0.507 e. The van der Waals surface area contributed by atoms with Crippen LogP contribution in [0.1, 0.15) is 76.6 Å². The zero-order chi connectivity index (χ0) is 29.5. The van der Waals surface area contributed by atoms with E-state index in [1.165, 1.54) is 0 Å². The van der Waals surface area contributed by atoms with Gasteiger partial charge in [-0.2, -0.15) is 0 Å². The SMILES string of the molecule is CCCCCOc1ccc([C@@H]2/C(=C(\O)c3ccc4c(c3)C[C@@H](C)O4)C(=O)C(=O)N2CCN(CC)CC)cc1OCC. The fourth-order valence-corrected chi connectivity index (χ4v) is 5.59. The molecule has 0 bridgehead atoms. The number of amides is 1. The van der Waals surface area contributed by atoms with Crippen molar-refractivity contribution in [2.75, 3.05) is 39.4 Å². The number of ketones is 1. The van der Waals surface area contributed by atoms with E-state index in [-0.39, 0.29) is 17.4 Å². The van der Waals surface area contributed by atoms with E-state index in [2.05, 4.69) is 25.7 Å². The molecule has 2 heterocycles. The van der Waals surface area contributed by atoms with Gasteiger partial charge >= 0.3 is 0 Å². The Balaban J connectivity index is 1.77. The number of aliphatic hydroxyl groups excluding tert-OH is 1. The average molecular weight is 565 g/mol. The zero-order valence-corrected chi connectivity index (χ0v) is 25.1. The Morgan fingerprint density at radius 1 is 1.02 bits per heavy atom. The number of unbranched alkanes of at least 4 members (excludes halogenated alkanes) is 2. The van der Waals surface area contributed by atoms with E-state index >= 15 is 0 Å². The summed E-state index contributed by atoms with van der Waals surface area (Å²) >= 11 is 0. The highest BCUT2D eigenvalue weighted by molar-refractivity contribution is 6.46. The van der Waals surface area contributed by atoms with Crippen LogP contribution in [-0.2, 0) is 16.0 Å². The first-order chi connectivity index (χ1) is 19.8. The van der Waals surface area contributed by atoms with Gasteiger partial charge in [0.2, 0.25) is 0 Å². The van der Waals surface area contributed by atoms with Crippen molar-refractivity contribution >= 4 is 17.4 Å². The van der Waals surface area contributed by atoms with Crippen molar-refractivity contribution in [3.63, 3.8) is 0 Å². The Bertz CT molecular complexity index is 1270. The number of nitrogens with zero attached hydrogens (tertiary/aromatic N) is 2. The molecular formula is C33H44N2O6. The van der Waals surface area contributed by atoms with Crippen LogP contribution >= 0.6 is 0 Å². The highest BCUT2D eigenvalue weighted by Gasteiger charge is 2.46. The minimum atomic E-state index is -0.762. The Morgan fingerprint density at radius 3 is 2.51 bits per heavy atom. The number of hydrogen-bond acceptors (Lipinski definition) is 7. The van der Waals surface area contributed by atoms with Crippen LogP contribution in [-0.4, -0.2) is 72.1 Å². The molecule has 2 aromatic carbocycles. The Morgan fingerprint density at radius 2 is 1.80 bits per heavy atom. The Hall–Kier alpha value is -3.52. The number of benzene rings is 2. The molecule has 8 nitrogen and oxygen atoms in total. The molecule has 1 amide bonds. The molecular weight excluding hydrogens is 520 g/mol. The Kier molecular flexibility index (Phi) is 10.3. The molecule has 222 valence electrons. The Labute approximate surface area is 243 Å². The van der Waals surface area contributed by atoms with Crippen LogP contribution in [0.25, 0.3) is 5.76 Å². The molecule has 0 radical (unpaired) electrons. The number of ether oxygens (including phenoxy) is 3. The molecule has 1 N–H and O–H groups in total. The normalized spacial score (nSPS) is 19.5. The van der Waals surface area contributed by atoms with E-state index in [1.807, 2.05) is 44.2 Å². The van der Waals surface area contributed by atoms with Crippen LogP contribution in [0.2, 0.25) is 0 Å². The van der Waals surface area contributed by atoms with Crippen molar-refractivity contribution < 1.29 is 28.9 Å². The molecule has 0 unspecified atom stereocenters. The lowest BCUT2D eigenvalue weighted by Gasteiger charge is -2.28. The third-order valence-corrected chi connectivity index (χ3v) is 7.85. The number of carbonyl (C=O) groups is 2. The third-order valence-electron chi connectivity index (χ3n) is 7.85. The summed E-state index contributed by atoms with van der Waals surface area (Å²) in [5.41, 5.74) is 2.24. The van der Waals surface area contributed by atoms with Gasteiger partial charge in [-0.25, -0.2) is 0 Å². The monoisotopic (exact) mass is 564 g/mol. The number of Topliss-reactive ketones (excluding diaryl/α,β-unsaturated/α-hetero) is 1. The van der Waals surface area contributed by atoms with Crippen LogP contribution in [0.15, 0.2) is 42.0 Å². The number of fused-ring (bicyclic) bond motifs is 1. The second kappa shape index (κ2) is 13.9. The van der Waals surface area contributed by atoms with Gasteiger partial charge in [0.05, 0.1) is 24.8 Å². The largest absolute Gasteiger partial charge is 0.507 e. The summed E-state index contributed by atoms with van der Waals surface area (Å²) in [6, 6.07) is 10.2. The van der Waals surface area contributed by atoms with Crippen molar-refractivity contribution in [1.29, 1.82) is 0 Å². The molecule has 2 aliphatic heterocycles. The lowest BCUT2D eigenvalue weighted by molar-refractivity contribution is -0.140. The van der Waals surface area contributed by atoms with Gasteiger partial charge in [0.25, 0.3) is 11.7 Å². The molecule has 1 fully saturated rings. The predicted octanol–water partition coefficient (Wildman–Crippen LogP) is 5.74. The lowest BCUT2D eigenvalue weighted by Crippen LogP contribution is -2.38. The number of hydrogen-bond donors (Lipinski definition) is 1. The average Bonchev–Trinajstić information content (AvgIpc) is 3.47. The second-order valence-corrected chi connectivity index (χ2v) is 10.7. The molecule has 2 aromatic rings. The lowest BCUT2D eigenvalue weighted by atomic mass is 9.94. The maximum Gasteiger partial charge on any atom is 0.295 e. The summed E-state index contributed by atoms with van der Waals surface area (Å²) in [6.07, 6.45) is 3.89. The molecule has 41 heavy (non-hydrogen) atoms. The summed E-state index contributed by atoms with van der Waals surface area (Å²) in [4.78, 5) is 30.8. The van der Waals surface area contributed by atoms with E-state index in [0.717, 1.165) is 50.1 Å².